The number of hydrogen-bond acceptors (Lipinski definition) is 6. The molecule has 4 aromatic rings. The molecule has 4 aromatic heterocycles. The summed E-state index contributed by atoms with van der Waals surface area (Å²) in [6, 6.07) is 2.35. The zero-order chi connectivity index (χ0) is 21.7. The van der Waals surface area contributed by atoms with Crippen molar-refractivity contribution in [2.24, 2.45) is 13.0 Å². The summed E-state index contributed by atoms with van der Waals surface area (Å²) in [5, 5.41) is 9.70. The van der Waals surface area contributed by atoms with Crippen molar-refractivity contribution in [3.63, 3.8) is 0 Å². The quantitative estimate of drug-likeness (QED) is 0.439. The van der Waals surface area contributed by atoms with Gasteiger partial charge < -0.3 is 14.0 Å². The molecular formula is C22H25ClN6O2. The summed E-state index contributed by atoms with van der Waals surface area (Å²) in [7, 11) is 3.54. The summed E-state index contributed by atoms with van der Waals surface area (Å²) in [5.74, 6) is 1.14. The molecule has 1 aliphatic heterocycles. The summed E-state index contributed by atoms with van der Waals surface area (Å²) in [6.45, 7) is 5.76. The minimum atomic E-state index is 0.193. The van der Waals surface area contributed by atoms with Crippen LogP contribution in [-0.4, -0.2) is 49.9 Å². The molecule has 0 saturated carbocycles. The third-order valence-corrected chi connectivity index (χ3v) is 6.70. The van der Waals surface area contributed by atoms with E-state index in [1.54, 1.807) is 18.0 Å². The average Bonchev–Trinajstić information content (AvgIpc) is 3.31. The van der Waals surface area contributed by atoms with Crippen LogP contribution in [0.25, 0.3) is 33.2 Å². The Bertz CT molecular complexity index is 1250. The Kier molecular flexibility index (Phi) is 5.06. The topological polar surface area (TPSA) is 79.9 Å². The number of aryl methyl sites for hydroxylation is 2. The predicted molar refractivity (Wildman–Crippen MR) is 120 cm³/mol. The lowest BCUT2D eigenvalue weighted by Crippen LogP contribution is -2.24. The molecule has 9 heteroatoms. The number of halogens is 1. The molecule has 0 aromatic carbocycles. The molecule has 0 unspecified atom stereocenters. The van der Waals surface area contributed by atoms with E-state index in [2.05, 4.69) is 32.9 Å². The molecule has 31 heavy (non-hydrogen) atoms. The highest BCUT2D eigenvalue weighted by atomic mass is 35.5. The molecule has 5 rings (SSSR count). The van der Waals surface area contributed by atoms with E-state index in [9.17, 15) is 0 Å². The highest BCUT2D eigenvalue weighted by molar-refractivity contribution is 6.35. The minimum absolute atomic E-state index is 0.193. The fourth-order valence-electron chi connectivity index (χ4n) is 4.83. The summed E-state index contributed by atoms with van der Waals surface area (Å²) in [6.07, 6.45) is 5.55. The summed E-state index contributed by atoms with van der Waals surface area (Å²) in [5.41, 5.74) is 5.48. The molecule has 8 nitrogen and oxygen atoms in total. The average molecular weight is 441 g/mol. The summed E-state index contributed by atoms with van der Waals surface area (Å²) < 4.78 is 15.3. The lowest BCUT2D eigenvalue weighted by molar-refractivity contribution is 0.0525. The first-order valence-corrected chi connectivity index (χ1v) is 10.9. The van der Waals surface area contributed by atoms with Gasteiger partial charge in [-0.2, -0.15) is 0 Å². The molecule has 0 N–H and O–H groups in total. The maximum Gasteiger partial charge on any atom is 0.153 e. The second kappa shape index (κ2) is 7.76. The van der Waals surface area contributed by atoms with Gasteiger partial charge in [0.05, 0.1) is 46.6 Å². The lowest BCUT2D eigenvalue weighted by atomic mass is 9.92. The van der Waals surface area contributed by atoms with Crippen LogP contribution in [0.5, 0.6) is 5.75 Å². The molecule has 1 atom stereocenters. The molecule has 0 aliphatic carbocycles. The number of ether oxygens (including phenoxy) is 2. The summed E-state index contributed by atoms with van der Waals surface area (Å²) in [4.78, 5) is 9.27. The van der Waals surface area contributed by atoms with Crippen molar-refractivity contribution in [1.82, 2.24) is 29.5 Å². The van der Waals surface area contributed by atoms with Gasteiger partial charge in [0.1, 0.15) is 5.75 Å². The highest BCUT2D eigenvalue weighted by Gasteiger charge is 2.28. The van der Waals surface area contributed by atoms with Crippen molar-refractivity contribution in [2.75, 3.05) is 20.3 Å². The van der Waals surface area contributed by atoms with Crippen LogP contribution in [0.2, 0.25) is 5.15 Å². The van der Waals surface area contributed by atoms with E-state index in [-0.39, 0.29) is 6.04 Å². The molecule has 0 bridgehead atoms. The third kappa shape index (κ3) is 3.16. The summed E-state index contributed by atoms with van der Waals surface area (Å²) >= 11 is 6.67. The second-order valence-corrected chi connectivity index (χ2v) is 8.50. The number of fused-ring (bicyclic) bond motifs is 3. The van der Waals surface area contributed by atoms with Crippen LogP contribution in [0.15, 0.2) is 18.5 Å². The first-order chi connectivity index (χ1) is 15.0. The van der Waals surface area contributed by atoms with Gasteiger partial charge in [-0.1, -0.05) is 16.8 Å². The van der Waals surface area contributed by atoms with Crippen molar-refractivity contribution in [2.45, 2.75) is 32.7 Å². The Morgan fingerprint density at radius 1 is 1.23 bits per heavy atom. The van der Waals surface area contributed by atoms with E-state index >= 15 is 0 Å². The number of nitrogens with zero attached hydrogens (tertiary/aromatic N) is 6. The van der Waals surface area contributed by atoms with Crippen molar-refractivity contribution < 1.29 is 9.47 Å². The second-order valence-electron chi connectivity index (χ2n) is 8.14. The van der Waals surface area contributed by atoms with Gasteiger partial charge in [0.25, 0.3) is 0 Å². The maximum absolute atomic E-state index is 6.67. The van der Waals surface area contributed by atoms with E-state index in [0.717, 1.165) is 64.9 Å². The van der Waals surface area contributed by atoms with Crippen molar-refractivity contribution in [1.29, 1.82) is 0 Å². The van der Waals surface area contributed by atoms with Gasteiger partial charge in [-0.05, 0) is 38.7 Å². The van der Waals surface area contributed by atoms with Crippen molar-refractivity contribution in [3.8, 4) is 17.0 Å². The molecule has 0 radical (unpaired) electrons. The van der Waals surface area contributed by atoms with Crippen molar-refractivity contribution in [3.05, 3.63) is 29.3 Å². The van der Waals surface area contributed by atoms with E-state index in [1.807, 2.05) is 20.2 Å². The van der Waals surface area contributed by atoms with Crippen LogP contribution in [0.3, 0.4) is 0 Å². The highest BCUT2D eigenvalue weighted by Crippen LogP contribution is 2.42. The van der Waals surface area contributed by atoms with Crippen LogP contribution in [0, 0.1) is 12.8 Å². The molecule has 0 amide bonds. The van der Waals surface area contributed by atoms with Crippen LogP contribution in [0.4, 0.5) is 0 Å². The van der Waals surface area contributed by atoms with Gasteiger partial charge >= 0.3 is 0 Å². The monoisotopic (exact) mass is 440 g/mol. The number of hydrogen-bond donors (Lipinski definition) is 0. The smallest absolute Gasteiger partial charge is 0.153 e. The van der Waals surface area contributed by atoms with Crippen LogP contribution < -0.4 is 4.74 Å². The number of pyridine rings is 2. The molecule has 162 valence electrons. The van der Waals surface area contributed by atoms with Crippen LogP contribution in [-0.2, 0) is 11.8 Å². The first-order valence-electron chi connectivity index (χ1n) is 10.5. The van der Waals surface area contributed by atoms with Gasteiger partial charge in [0.15, 0.2) is 5.15 Å². The van der Waals surface area contributed by atoms with Gasteiger partial charge in [-0.15, -0.1) is 5.10 Å². The molecule has 5 heterocycles. The number of aromatic nitrogens is 6. The largest absolute Gasteiger partial charge is 0.494 e. The standard InChI is InChI=1S/C22H25ClN6O2/c1-12-20(28(3)27-26-12)15-9-16-19(24-10-15)18-17(30-4)11-25-22(23)21(18)29(16)13(2)14-5-7-31-8-6-14/h9-11,13-14H,5-8H2,1-4H3/t13-/m1/s1. The van der Waals surface area contributed by atoms with Crippen LogP contribution in [0.1, 0.15) is 31.5 Å². The zero-order valence-corrected chi connectivity index (χ0v) is 18.8. The SMILES string of the molecule is COc1cnc(Cl)c2c1c1ncc(-c3c(C)nnn3C)cc1n2[C@H](C)C1CCOCC1. The molecule has 0 spiro atoms. The first kappa shape index (κ1) is 20.2. The van der Waals surface area contributed by atoms with Crippen LogP contribution >= 0.6 is 11.6 Å². The Morgan fingerprint density at radius 3 is 2.68 bits per heavy atom. The van der Waals surface area contributed by atoms with Gasteiger partial charge in [-0.3, -0.25) is 4.98 Å². The fourth-order valence-corrected chi connectivity index (χ4v) is 5.07. The zero-order valence-electron chi connectivity index (χ0n) is 18.1. The molecule has 1 saturated heterocycles. The van der Waals surface area contributed by atoms with E-state index in [1.165, 1.54) is 0 Å². The van der Waals surface area contributed by atoms with Gasteiger partial charge in [0.2, 0.25) is 0 Å². The Balaban J connectivity index is 1.83. The Labute approximate surface area is 185 Å². The molecule has 1 aliphatic rings. The number of rotatable bonds is 4. The minimum Gasteiger partial charge on any atom is -0.494 e. The normalized spacial score (nSPS) is 16.3. The van der Waals surface area contributed by atoms with E-state index < -0.39 is 0 Å². The van der Waals surface area contributed by atoms with Crippen molar-refractivity contribution >= 4 is 33.5 Å². The van der Waals surface area contributed by atoms with Gasteiger partial charge in [-0.25, -0.2) is 9.67 Å². The predicted octanol–water partition coefficient (Wildman–Crippen LogP) is 4.34. The maximum atomic E-state index is 6.67. The van der Waals surface area contributed by atoms with E-state index in [4.69, 9.17) is 26.1 Å². The Morgan fingerprint density at radius 2 is 2.00 bits per heavy atom. The van der Waals surface area contributed by atoms with E-state index in [0.29, 0.717) is 16.8 Å². The number of methoxy groups -OCH3 is 1. The third-order valence-electron chi connectivity index (χ3n) is 6.42. The molecular weight excluding hydrogens is 416 g/mol. The lowest BCUT2D eigenvalue weighted by Gasteiger charge is -2.30. The molecule has 1 fully saturated rings. The fraction of sp³-hybridized carbons (Fsp3) is 0.455. The Hall–Kier alpha value is -2.71. The van der Waals surface area contributed by atoms with Gasteiger partial charge in [0, 0.05) is 38.1 Å².